The van der Waals surface area contributed by atoms with Gasteiger partial charge in [0.1, 0.15) is 0 Å². The van der Waals surface area contributed by atoms with Crippen LogP contribution in [-0.2, 0) is 6.54 Å². The Balaban J connectivity index is 1.59. The second kappa shape index (κ2) is 7.04. The van der Waals surface area contributed by atoms with E-state index in [0.717, 1.165) is 38.3 Å². The van der Waals surface area contributed by atoms with Crippen molar-refractivity contribution in [3.63, 3.8) is 0 Å². The lowest BCUT2D eigenvalue weighted by atomic mass is 10.1. The number of nitrogens with zero attached hydrogens (tertiary/aromatic N) is 4. The molecule has 1 saturated heterocycles. The van der Waals surface area contributed by atoms with Gasteiger partial charge in [0.2, 0.25) is 0 Å². The maximum Gasteiger partial charge on any atom is 0.175 e. The molecule has 114 valence electrons. The van der Waals surface area contributed by atoms with Gasteiger partial charge in [-0.2, -0.15) is 0 Å². The average molecular weight is 296 g/mol. The highest BCUT2D eigenvalue weighted by Crippen LogP contribution is 2.11. The highest BCUT2D eigenvalue weighted by molar-refractivity contribution is 5.98. The zero-order chi connectivity index (χ0) is 15.2. The van der Waals surface area contributed by atoms with Crippen LogP contribution in [0, 0.1) is 0 Å². The van der Waals surface area contributed by atoms with Crippen LogP contribution in [-0.4, -0.2) is 52.0 Å². The smallest absolute Gasteiger partial charge is 0.175 e. The Morgan fingerprint density at radius 1 is 1.00 bits per heavy atom. The molecule has 5 heteroatoms. The molecule has 0 spiro atoms. The number of hydrogen-bond donors (Lipinski definition) is 1. The molecule has 1 aromatic heterocycles. The lowest BCUT2D eigenvalue weighted by Crippen LogP contribution is -2.48. The monoisotopic (exact) mass is 296 g/mol. The molecule has 1 N–H and O–H groups in total. The SMILES string of the molecule is O/N=C(/c1ccncc1)N1CCN(Cc2ccccc2)CC1. The van der Waals surface area contributed by atoms with Crippen molar-refractivity contribution in [2.75, 3.05) is 26.2 Å². The third-order valence-electron chi connectivity index (χ3n) is 3.95. The number of oxime groups is 1. The number of hydrogen-bond acceptors (Lipinski definition) is 4. The Hall–Kier alpha value is -2.40. The molecule has 1 aromatic carbocycles. The summed E-state index contributed by atoms with van der Waals surface area (Å²) in [5.74, 6) is 0.627. The molecule has 2 heterocycles. The Morgan fingerprint density at radius 3 is 2.32 bits per heavy atom. The molecule has 0 unspecified atom stereocenters. The quantitative estimate of drug-likeness (QED) is 0.407. The summed E-state index contributed by atoms with van der Waals surface area (Å²) >= 11 is 0. The molecule has 0 atom stereocenters. The summed E-state index contributed by atoms with van der Waals surface area (Å²) in [5, 5.41) is 12.8. The maximum absolute atomic E-state index is 9.35. The molecule has 5 nitrogen and oxygen atoms in total. The number of piperazine rings is 1. The first-order valence-corrected chi connectivity index (χ1v) is 7.50. The van der Waals surface area contributed by atoms with E-state index in [4.69, 9.17) is 0 Å². The van der Waals surface area contributed by atoms with Crippen molar-refractivity contribution in [2.45, 2.75) is 6.54 Å². The van der Waals surface area contributed by atoms with Crippen LogP contribution >= 0.6 is 0 Å². The summed E-state index contributed by atoms with van der Waals surface area (Å²) in [6.45, 7) is 4.59. The van der Waals surface area contributed by atoms with Gasteiger partial charge >= 0.3 is 0 Å². The number of benzene rings is 1. The summed E-state index contributed by atoms with van der Waals surface area (Å²) < 4.78 is 0. The van der Waals surface area contributed by atoms with E-state index in [1.807, 2.05) is 18.2 Å². The van der Waals surface area contributed by atoms with Gasteiger partial charge < -0.3 is 10.1 Å². The van der Waals surface area contributed by atoms with Crippen LogP contribution in [0.5, 0.6) is 0 Å². The Bertz CT molecular complexity index is 607. The van der Waals surface area contributed by atoms with Crippen molar-refractivity contribution < 1.29 is 5.21 Å². The van der Waals surface area contributed by atoms with Crippen molar-refractivity contribution in [1.82, 2.24) is 14.8 Å². The van der Waals surface area contributed by atoms with Gasteiger partial charge in [-0.1, -0.05) is 35.5 Å². The number of aromatic nitrogens is 1. The predicted molar refractivity (Wildman–Crippen MR) is 85.9 cm³/mol. The van der Waals surface area contributed by atoms with E-state index >= 15 is 0 Å². The summed E-state index contributed by atoms with van der Waals surface area (Å²) in [4.78, 5) is 8.55. The minimum atomic E-state index is 0.627. The fourth-order valence-electron chi connectivity index (χ4n) is 2.76. The minimum Gasteiger partial charge on any atom is -0.409 e. The van der Waals surface area contributed by atoms with Gasteiger partial charge in [0.25, 0.3) is 0 Å². The van der Waals surface area contributed by atoms with E-state index in [-0.39, 0.29) is 0 Å². The Labute approximate surface area is 130 Å². The third kappa shape index (κ3) is 3.43. The van der Waals surface area contributed by atoms with Crippen molar-refractivity contribution in [2.24, 2.45) is 5.16 Å². The fourth-order valence-corrected chi connectivity index (χ4v) is 2.76. The molecule has 1 aliphatic rings. The van der Waals surface area contributed by atoms with Crippen molar-refractivity contribution in [1.29, 1.82) is 0 Å². The molecule has 0 amide bonds. The summed E-state index contributed by atoms with van der Waals surface area (Å²) in [5.41, 5.74) is 2.23. The van der Waals surface area contributed by atoms with Crippen LogP contribution in [0.4, 0.5) is 0 Å². The zero-order valence-electron chi connectivity index (χ0n) is 12.5. The van der Waals surface area contributed by atoms with E-state index in [1.54, 1.807) is 12.4 Å². The number of rotatable bonds is 3. The van der Waals surface area contributed by atoms with Crippen LogP contribution in [0.2, 0.25) is 0 Å². The lowest BCUT2D eigenvalue weighted by Gasteiger charge is -2.36. The van der Waals surface area contributed by atoms with E-state index in [9.17, 15) is 5.21 Å². The predicted octanol–water partition coefficient (Wildman–Crippen LogP) is 2.04. The summed E-state index contributed by atoms with van der Waals surface area (Å²) in [6.07, 6.45) is 3.43. The van der Waals surface area contributed by atoms with Crippen molar-refractivity contribution >= 4 is 5.84 Å². The van der Waals surface area contributed by atoms with Crippen LogP contribution in [0.1, 0.15) is 11.1 Å². The number of pyridine rings is 1. The molecule has 0 aliphatic carbocycles. The normalized spacial score (nSPS) is 16.7. The van der Waals surface area contributed by atoms with Crippen LogP contribution in [0.3, 0.4) is 0 Å². The first-order valence-electron chi connectivity index (χ1n) is 7.50. The zero-order valence-corrected chi connectivity index (χ0v) is 12.5. The van der Waals surface area contributed by atoms with E-state index in [1.165, 1.54) is 5.56 Å². The largest absolute Gasteiger partial charge is 0.409 e. The van der Waals surface area contributed by atoms with E-state index in [2.05, 4.69) is 44.2 Å². The highest BCUT2D eigenvalue weighted by Gasteiger charge is 2.21. The second-order valence-corrected chi connectivity index (χ2v) is 5.41. The fraction of sp³-hybridized carbons (Fsp3) is 0.294. The maximum atomic E-state index is 9.35. The van der Waals surface area contributed by atoms with Crippen molar-refractivity contribution in [3.8, 4) is 0 Å². The van der Waals surface area contributed by atoms with Gasteiger partial charge in [-0.05, 0) is 17.7 Å². The third-order valence-corrected chi connectivity index (χ3v) is 3.95. The average Bonchev–Trinajstić information content (AvgIpc) is 2.59. The van der Waals surface area contributed by atoms with Gasteiger partial charge in [-0.3, -0.25) is 9.88 Å². The van der Waals surface area contributed by atoms with Crippen LogP contribution < -0.4 is 0 Å². The Morgan fingerprint density at radius 2 is 1.68 bits per heavy atom. The molecule has 1 aliphatic heterocycles. The second-order valence-electron chi connectivity index (χ2n) is 5.41. The molecule has 3 rings (SSSR count). The van der Waals surface area contributed by atoms with Crippen LogP contribution in [0.15, 0.2) is 60.0 Å². The molecule has 2 aromatic rings. The molecule has 0 saturated carbocycles. The Kier molecular flexibility index (Phi) is 4.65. The molecule has 1 fully saturated rings. The van der Waals surface area contributed by atoms with E-state index in [0.29, 0.717) is 5.84 Å². The molecule has 22 heavy (non-hydrogen) atoms. The standard InChI is InChI=1S/C17H20N4O/c22-19-17(16-6-8-18-9-7-16)21-12-10-20(11-13-21)14-15-4-2-1-3-5-15/h1-9,22H,10-14H2/b19-17-. The summed E-state index contributed by atoms with van der Waals surface area (Å²) in [7, 11) is 0. The number of amidine groups is 1. The van der Waals surface area contributed by atoms with Crippen LogP contribution in [0.25, 0.3) is 0 Å². The van der Waals surface area contributed by atoms with Gasteiger partial charge in [0.05, 0.1) is 0 Å². The van der Waals surface area contributed by atoms with E-state index < -0.39 is 0 Å². The van der Waals surface area contributed by atoms with Gasteiger partial charge in [-0.15, -0.1) is 0 Å². The minimum absolute atomic E-state index is 0.627. The topological polar surface area (TPSA) is 52.0 Å². The van der Waals surface area contributed by atoms with Gasteiger partial charge in [0, 0.05) is 50.7 Å². The first kappa shape index (κ1) is 14.5. The van der Waals surface area contributed by atoms with Gasteiger partial charge in [0.15, 0.2) is 5.84 Å². The molecular weight excluding hydrogens is 276 g/mol. The molecular formula is C17H20N4O. The molecule has 0 radical (unpaired) electrons. The summed E-state index contributed by atoms with van der Waals surface area (Å²) in [6, 6.07) is 14.2. The first-order chi connectivity index (χ1) is 10.9. The van der Waals surface area contributed by atoms with Crippen molar-refractivity contribution in [3.05, 3.63) is 66.0 Å². The highest BCUT2D eigenvalue weighted by atomic mass is 16.4. The van der Waals surface area contributed by atoms with Gasteiger partial charge in [-0.25, -0.2) is 0 Å². The molecule has 0 bridgehead atoms. The lowest BCUT2D eigenvalue weighted by molar-refractivity contribution is 0.171.